The lowest BCUT2D eigenvalue weighted by atomic mass is 10.2. The normalized spacial score (nSPS) is 9.95. The number of carboxylic acids is 1. The summed E-state index contributed by atoms with van der Waals surface area (Å²) in [6, 6.07) is 13.3. The average molecular weight is 284 g/mol. The Morgan fingerprint density at radius 1 is 1.10 bits per heavy atom. The van der Waals surface area contributed by atoms with E-state index in [0.29, 0.717) is 5.75 Å². The lowest BCUT2D eigenvalue weighted by Crippen LogP contribution is -2.26. The average Bonchev–Trinajstić information content (AvgIpc) is 2.47. The van der Waals surface area contributed by atoms with Crippen LogP contribution < -0.4 is 15.2 Å². The van der Waals surface area contributed by atoms with Gasteiger partial charge in [0, 0.05) is 11.3 Å². The SMILES string of the molecule is Cc1ccc(OCC(=O)Nc2ccccc2C(=O)[O-])cc1. The number of para-hydroxylation sites is 1. The maximum atomic E-state index is 11.8. The Morgan fingerprint density at radius 2 is 1.76 bits per heavy atom. The first-order valence-corrected chi connectivity index (χ1v) is 6.36. The van der Waals surface area contributed by atoms with Crippen molar-refractivity contribution in [3.8, 4) is 5.75 Å². The van der Waals surface area contributed by atoms with Gasteiger partial charge in [-0.15, -0.1) is 0 Å². The number of anilines is 1. The van der Waals surface area contributed by atoms with Gasteiger partial charge in [0.05, 0.1) is 5.97 Å². The highest BCUT2D eigenvalue weighted by Crippen LogP contribution is 2.15. The van der Waals surface area contributed by atoms with E-state index in [0.717, 1.165) is 5.56 Å². The summed E-state index contributed by atoms with van der Waals surface area (Å²) < 4.78 is 5.32. The molecule has 0 radical (unpaired) electrons. The molecule has 0 spiro atoms. The lowest BCUT2D eigenvalue weighted by molar-refractivity contribution is -0.254. The van der Waals surface area contributed by atoms with Crippen molar-refractivity contribution in [1.29, 1.82) is 0 Å². The maximum absolute atomic E-state index is 11.8. The van der Waals surface area contributed by atoms with Crippen LogP contribution in [0.5, 0.6) is 5.75 Å². The Hall–Kier alpha value is -2.82. The molecule has 2 aromatic rings. The minimum atomic E-state index is -1.34. The Balaban J connectivity index is 1.96. The number of hydrogen-bond acceptors (Lipinski definition) is 4. The number of benzene rings is 2. The van der Waals surface area contributed by atoms with E-state index in [1.165, 1.54) is 12.1 Å². The van der Waals surface area contributed by atoms with Crippen molar-refractivity contribution < 1.29 is 19.4 Å². The molecule has 0 fully saturated rings. The third-order valence-electron chi connectivity index (χ3n) is 2.81. The molecule has 5 heteroatoms. The number of carbonyl (C=O) groups excluding carboxylic acids is 2. The Labute approximate surface area is 122 Å². The molecule has 2 rings (SSSR count). The highest BCUT2D eigenvalue weighted by atomic mass is 16.5. The lowest BCUT2D eigenvalue weighted by Gasteiger charge is -2.12. The summed E-state index contributed by atoms with van der Waals surface area (Å²) in [6.45, 7) is 1.75. The summed E-state index contributed by atoms with van der Waals surface area (Å²) in [6.07, 6.45) is 0. The fraction of sp³-hybridized carbons (Fsp3) is 0.125. The number of amides is 1. The Morgan fingerprint density at radius 3 is 2.43 bits per heavy atom. The quantitative estimate of drug-likeness (QED) is 0.899. The first kappa shape index (κ1) is 14.6. The van der Waals surface area contributed by atoms with Crippen LogP contribution >= 0.6 is 0 Å². The number of aromatic carboxylic acids is 1. The van der Waals surface area contributed by atoms with Gasteiger partial charge in [0.1, 0.15) is 5.75 Å². The third kappa shape index (κ3) is 4.07. The molecule has 0 saturated heterocycles. The number of ether oxygens (including phenoxy) is 1. The molecular weight excluding hydrogens is 270 g/mol. The molecule has 0 aliphatic rings. The van der Waals surface area contributed by atoms with Crippen LogP contribution in [-0.4, -0.2) is 18.5 Å². The second-order valence-corrected chi connectivity index (χ2v) is 4.48. The van der Waals surface area contributed by atoms with Gasteiger partial charge >= 0.3 is 0 Å². The van der Waals surface area contributed by atoms with E-state index in [2.05, 4.69) is 5.32 Å². The van der Waals surface area contributed by atoms with Crippen LogP contribution in [-0.2, 0) is 4.79 Å². The van der Waals surface area contributed by atoms with Crippen LogP contribution in [0.4, 0.5) is 5.69 Å². The fourth-order valence-electron chi connectivity index (χ4n) is 1.74. The van der Waals surface area contributed by atoms with E-state index >= 15 is 0 Å². The zero-order valence-corrected chi connectivity index (χ0v) is 11.5. The highest BCUT2D eigenvalue weighted by molar-refractivity contribution is 6.00. The van der Waals surface area contributed by atoms with Gasteiger partial charge in [-0.05, 0) is 25.1 Å². The first-order chi connectivity index (χ1) is 10.1. The van der Waals surface area contributed by atoms with Crippen LogP contribution in [0, 0.1) is 6.92 Å². The molecular formula is C16H14NO4-. The molecule has 2 aromatic carbocycles. The summed E-state index contributed by atoms with van der Waals surface area (Å²) in [5, 5.41) is 13.4. The van der Waals surface area contributed by atoms with Crippen LogP contribution in [0.1, 0.15) is 15.9 Å². The smallest absolute Gasteiger partial charge is 0.262 e. The first-order valence-electron chi connectivity index (χ1n) is 6.36. The number of carboxylic acid groups (broad SMARTS) is 1. The van der Waals surface area contributed by atoms with E-state index in [1.54, 1.807) is 24.3 Å². The summed E-state index contributed by atoms with van der Waals surface area (Å²) in [5.41, 5.74) is 1.21. The zero-order valence-electron chi connectivity index (χ0n) is 11.5. The molecule has 0 aromatic heterocycles. The molecule has 0 aliphatic heterocycles. The predicted octanol–water partition coefficient (Wildman–Crippen LogP) is 1.38. The van der Waals surface area contributed by atoms with Crippen LogP contribution in [0.3, 0.4) is 0 Å². The second kappa shape index (κ2) is 6.56. The van der Waals surface area contributed by atoms with E-state index in [-0.39, 0.29) is 17.9 Å². The molecule has 0 heterocycles. The number of nitrogens with one attached hydrogen (secondary N) is 1. The van der Waals surface area contributed by atoms with Crippen molar-refractivity contribution in [1.82, 2.24) is 0 Å². The van der Waals surface area contributed by atoms with Crippen molar-refractivity contribution in [2.75, 3.05) is 11.9 Å². The van der Waals surface area contributed by atoms with Crippen molar-refractivity contribution >= 4 is 17.6 Å². The number of hydrogen-bond donors (Lipinski definition) is 1. The molecule has 108 valence electrons. The monoisotopic (exact) mass is 284 g/mol. The van der Waals surface area contributed by atoms with Crippen molar-refractivity contribution in [3.05, 3.63) is 59.7 Å². The molecule has 21 heavy (non-hydrogen) atoms. The zero-order chi connectivity index (χ0) is 15.2. The number of rotatable bonds is 5. The fourth-order valence-corrected chi connectivity index (χ4v) is 1.74. The standard InChI is InChI=1S/C16H15NO4/c1-11-6-8-12(9-7-11)21-10-15(18)17-14-5-3-2-4-13(14)16(19)20/h2-9H,10H2,1H3,(H,17,18)(H,19,20)/p-1. The van der Waals surface area contributed by atoms with E-state index < -0.39 is 11.9 Å². The molecule has 0 saturated carbocycles. The summed E-state index contributed by atoms with van der Waals surface area (Å²) in [4.78, 5) is 22.7. The van der Waals surface area contributed by atoms with Crippen LogP contribution in [0.25, 0.3) is 0 Å². The summed E-state index contributed by atoms with van der Waals surface area (Å²) >= 11 is 0. The van der Waals surface area contributed by atoms with E-state index in [4.69, 9.17) is 4.74 Å². The minimum absolute atomic E-state index is 0.0683. The van der Waals surface area contributed by atoms with Crippen LogP contribution in [0.2, 0.25) is 0 Å². The van der Waals surface area contributed by atoms with E-state index in [1.807, 2.05) is 19.1 Å². The van der Waals surface area contributed by atoms with Gasteiger partial charge in [0.25, 0.3) is 5.91 Å². The number of aryl methyl sites for hydroxylation is 1. The molecule has 1 amide bonds. The van der Waals surface area contributed by atoms with Crippen LogP contribution in [0.15, 0.2) is 48.5 Å². The molecule has 1 N–H and O–H groups in total. The molecule has 0 aliphatic carbocycles. The molecule has 5 nitrogen and oxygen atoms in total. The van der Waals surface area contributed by atoms with Gasteiger partial charge < -0.3 is 20.0 Å². The molecule has 0 unspecified atom stereocenters. The Bertz CT molecular complexity index is 650. The van der Waals surface area contributed by atoms with E-state index in [9.17, 15) is 14.7 Å². The van der Waals surface area contributed by atoms with Gasteiger partial charge in [0.15, 0.2) is 6.61 Å². The van der Waals surface area contributed by atoms with Crippen molar-refractivity contribution in [3.63, 3.8) is 0 Å². The minimum Gasteiger partial charge on any atom is -0.545 e. The topological polar surface area (TPSA) is 78.5 Å². The summed E-state index contributed by atoms with van der Waals surface area (Å²) in [7, 11) is 0. The molecule has 0 bridgehead atoms. The van der Waals surface area contributed by atoms with Crippen molar-refractivity contribution in [2.24, 2.45) is 0 Å². The van der Waals surface area contributed by atoms with Gasteiger partial charge in [-0.25, -0.2) is 0 Å². The van der Waals surface area contributed by atoms with Crippen molar-refractivity contribution in [2.45, 2.75) is 6.92 Å². The highest BCUT2D eigenvalue weighted by Gasteiger charge is 2.07. The predicted molar refractivity (Wildman–Crippen MR) is 76.1 cm³/mol. The second-order valence-electron chi connectivity index (χ2n) is 4.48. The van der Waals surface area contributed by atoms with Gasteiger partial charge in [-0.1, -0.05) is 35.9 Å². The number of carbonyl (C=O) groups is 2. The third-order valence-corrected chi connectivity index (χ3v) is 2.81. The largest absolute Gasteiger partial charge is 0.545 e. The maximum Gasteiger partial charge on any atom is 0.262 e. The van der Waals surface area contributed by atoms with Gasteiger partial charge in [0.2, 0.25) is 0 Å². The molecule has 0 atom stereocenters. The summed E-state index contributed by atoms with van der Waals surface area (Å²) in [5.74, 6) is -1.21. The van der Waals surface area contributed by atoms with Gasteiger partial charge in [-0.2, -0.15) is 0 Å². The Kier molecular flexibility index (Phi) is 4.56. The van der Waals surface area contributed by atoms with Gasteiger partial charge in [-0.3, -0.25) is 4.79 Å².